The highest BCUT2D eigenvalue weighted by Gasteiger charge is 2.25. The van der Waals surface area contributed by atoms with E-state index in [1.807, 2.05) is 12.1 Å². The molecule has 1 aliphatic heterocycles. The molecule has 1 nitrogen and oxygen atoms in total. The Bertz CT molecular complexity index is 327. The largest absolute Gasteiger partial charge is 0.368 e. The number of rotatable bonds is 1. The molecule has 1 atom stereocenters. The molecule has 1 fully saturated rings. The lowest BCUT2D eigenvalue weighted by Gasteiger charge is -2.41. The minimum Gasteiger partial charge on any atom is -0.368 e. The van der Waals surface area contributed by atoms with Crippen LogP contribution in [-0.2, 0) is 0 Å². The highest BCUT2D eigenvalue weighted by molar-refractivity contribution is 9.10. The van der Waals surface area contributed by atoms with Crippen LogP contribution >= 0.6 is 27.5 Å². The van der Waals surface area contributed by atoms with Crippen molar-refractivity contribution in [1.29, 1.82) is 0 Å². The predicted molar refractivity (Wildman–Crippen MR) is 60.6 cm³/mol. The van der Waals surface area contributed by atoms with Crippen molar-refractivity contribution in [3.8, 4) is 0 Å². The molecule has 0 amide bonds. The number of hydrogen-bond donors (Lipinski definition) is 0. The Morgan fingerprint density at radius 1 is 1.54 bits per heavy atom. The molecule has 13 heavy (non-hydrogen) atoms. The van der Waals surface area contributed by atoms with Crippen LogP contribution in [0.25, 0.3) is 0 Å². The normalized spacial score (nSPS) is 21.5. The van der Waals surface area contributed by atoms with Gasteiger partial charge in [-0.2, -0.15) is 0 Å². The molecule has 0 bridgehead atoms. The van der Waals surface area contributed by atoms with E-state index in [1.165, 1.54) is 12.1 Å². The molecule has 0 spiro atoms. The summed E-state index contributed by atoms with van der Waals surface area (Å²) >= 11 is 9.52. The number of nitrogens with zero attached hydrogens (tertiary/aromatic N) is 1. The molecular weight excluding hydrogens is 249 g/mol. The number of halogens is 2. The van der Waals surface area contributed by atoms with Crippen LogP contribution in [0.5, 0.6) is 0 Å². The fraction of sp³-hybridized carbons (Fsp3) is 0.400. The molecule has 0 N–H and O–H groups in total. The average Bonchev–Trinajstić information content (AvgIpc) is 2.10. The fourth-order valence-electron chi connectivity index (χ4n) is 1.59. The summed E-state index contributed by atoms with van der Waals surface area (Å²) in [7, 11) is 0. The summed E-state index contributed by atoms with van der Waals surface area (Å²) in [5, 5.41) is 0.789. The van der Waals surface area contributed by atoms with Crippen molar-refractivity contribution in [2.75, 3.05) is 11.4 Å². The Kier molecular flexibility index (Phi) is 2.52. The van der Waals surface area contributed by atoms with Crippen molar-refractivity contribution in [1.82, 2.24) is 0 Å². The molecule has 0 radical (unpaired) electrons. The lowest BCUT2D eigenvalue weighted by Crippen LogP contribution is -2.45. The fourth-order valence-corrected chi connectivity index (χ4v) is 2.25. The zero-order valence-electron chi connectivity index (χ0n) is 7.43. The van der Waals surface area contributed by atoms with Crippen molar-refractivity contribution in [2.45, 2.75) is 19.4 Å². The van der Waals surface area contributed by atoms with Crippen LogP contribution in [0, 0.1) is 0 Å². The van der Waals surface area contributed by atoms with Crippen LogP contribution in [0.2, 0.25) is 5.02 Å². The Balaban J connectivity index is 2.34. The standard InChI is InChI=1S/C10H11BrClN/c1-7-5-6-13(7)9-4-2-3-8(12)10(9)11/h2-4,7H,5-6H2,1H3. The van der Waals surface area contributed by atoms with E-state index in [1.54, 1.807) is 0 Å². The summed E-state index contributed by atoms with van der Waals surface area (Å²) in [5.74, 6) is 0. The van der Waals surface area contributed by atoms with Crippen LogP contribution < -0.4 is 4.90 Å². The Morgan fingerprint density at radius 3 is 2.85 bits per heavy atom. The van der Waals surface area contributed by atoms with Crippen molar-refractivity contribution >= 4 is 33.2 Å². The van der Waals surface area contributed by atoms with Gasteiger partial charge in [0.15, 0.2) is 0 Å². The molecule has 3 heteroatoms. The van der Waals surface area contributed by atoms with Gasteiger partial charge in [0.1, 0.15) is 0 Å². The molecule has 0 aliphatic carbocycles. The van der Waals surface area contributed by atoms with Crippen LogP contribution in [0.1, 0.15) is 13.3 Å². The molecule has 70 valence electrons. The third-order valence-corrected chi connectivity index (χ3v) is 3.94. The van der Waals surface area contributed by atoms with Crippen molar-refractivity contribution in [2.24, 2.45) is 0 Å². The van der Waals surface area contributed by atoms with E-state index in [0.717, 1.165) is 16.0 Å². The molecule has 0 saturated carbocycles. The first-order valence-electron chi connectivity index (χ1n) is 4.41. The van der Waals surface area contributed by atoms with Gasteiger partial charge in [-0.05, 0) is 41.4 Å². The van der Waals surface area contributed by atoms with E-state index in [-0.39, 0.29) is 0 Å². The minimum absolute atomic E-state index is 0.648. The molecule has 1 unspecified atom stereocenters. The van der Waals surface area contributed by atoms with E-state index >= 15 is 0 Å². The highest BCUT2D eigenvalue weighted by Crippen LogP contribution is 2.36. The zero-order chi connectivity index (χ0) is 9.42. The zero-order valence-corrected chi connectivity index (χ0v) is 9.77. The van der Waals surface area contributed by atoms with E-state index in [0.29, 0.717) is 6.04 Å². The first-order chi connectivity index (χ1) is 6.20. The second-order valence-electron chi connectivity index (χ2n) is 3.40. The Morgan fingerprint density at radius 2 is 2.31 bits per heavy atom. The summed E-state index contributed by atoms with van der Waals surface area (Å²) in [6.07, 6.45) is 1.28. The summed E-state index contributed by atoms with van der Waals surface area (Å²) in [6, 6.07) is 6.65. The van der Waals surface area contributed by atoms with E-state index in [2.05, 4.69) is 33.8 Å². The van der Waals surface area contributed by atoms with Gasteiger partial charge in [-0.15, -0.1) is 0 Å². The van der Waals surface area contributed by atoms with Crippen molar-refractivity contribution < 1.29 is 0 Å². The number of benzene rings is 1. The maximum absolute atomic E-state index is 6.01. The molecule has 1 saturated heterocycles. The number of hydrogen-bond acceptors (Lipinski definition) is 1. The average molecular weight is 261 g/mol. The van der Waals surface area contributed by atoms with Crippen LogP contribution in [0.3, 0.4) is 0 Å². The lowest BCUT2D eigenvalue weighted by molar-refractivity contribution is 0.480. The van der Waals surface area contributed by atoms with E-state index < -0.39 is 0 Å². The second-order valence-corrected chi connectivity index (χ2v) is 4.60. The smallest absolute Gasteiger partial charge is 0.0595 e. The van der Waals surface area contributed by atoms with Gasteiger partial charge in [-0.25, -0.2) is 0 Å². The van der Waals surface area contributed by atoms with Crippen molar-refractivity contribution in [3.63, 3.8) is 0 Å². The number of anilines is 1. The maximum Gasteiger partial charge on any atom is 0.0595 e. The van der Waals surface area contributed by atoms with Gasteiger partial charge < -0.3 is 4.90 Å². The van der Waals surface area contributed by atoms with E-state index in [9.17, 15) is 0 Å². The van der Waals surface area contributed by atoms with Gasteiger partial charge >= 0.3 is 0 Å². The van der Waals surface area contributed by atoms with Gasteiger partial charge in [-0.3, -0.25) is 0 Å². The van der Waals surface area contributed by atoms with Gasteiger partial charge in [0, 0.05) is 12.6 Å². The Hall–Kier alpha value is -0.210. The van der Waals surface area contributed by atoms with Gasteiger partial charge in [0.25, 0.3) is 0 Å². The minimum atomic E-state index is 0.648. The first-order valence-corrected chi connectivity index (χ1v) is 5.58. The topological polar surface area (TPSA) is 3.24 Å². The monoisotopic (exact) mass is 259 g/mol. The molecule has 1 aromatic carbocycles. The molecule has 0 aromatic heterocycles. The summed E-state index contributed by atoms with van der Waals surface area (Å²) < 4.78 is 1.02. The molecule has 1 aromatic rings. The van der Waals surface area contributed by atoms with Crippen LogP contribution in [0.15, 0.2) is 22.7 Å². The summed E-state index contributed by atoms with van der Waals surface area (Å²) in [5.41, 5.74) is 1.21. The van der Waals surface area contributed by atoms with Crippen molar-refractivity contribution in [3.05, 3.63) is 27.7 Å². The SMILES string of the molecule is CC1CCN1c1cccc(Cl)c1Br. The first kappa shape index (κ1) is 9.35. The van der Waals surface area contributed by atoms with Gasteiger partial charge in [-0.1, -0.05) is 17.7 Å². The van der Waals surface area contributed by atoms with Crippen LogP contribution in [-0.4, -0.2) is 12.6 Å². The second kappa shape index (κ2) is 3.50. The lowest BCUT2D eigenvalue weighted by atomic mass is 10.0. The predicted octanol–water partition coefficient (Wildman–Crippen LogP) is 3.70. The maximum atomic E-state index is 6.01. The molecule has 1 heterocycles. The molecular formula is C10H11BrClN. The summed E-state index contributed by atoms with van der Waals surface area (Å²) in [6.45, 7) is 3.37. The molecule has 2 rings (SSSR count). The molecule has 1 aliphatic rings. The highest BCUT2D eigenvalue weighted by atomic mass is 79.9. The van der Waals surface area contributed by atoms with Gasteiger partial charge in [0.05, 0.1) is 15.2 Å². The quantitative estimate of drug-likeness (QED) is 0.744. The third-order valence-electron chi connectivity index (χ3n) is 2.56. The van der Waals surface area contributed by atoms with Gasteiger partial charge in [0.2, 0.25) is 0 Å². The Labute approximate surface area is 91.8 Å². The summed E-state index contributed by atoms with van der Waals surface area (Å²) in [4.78, 5) is 2.36. The third kappa shape index (κ3) is 1.57. The van der Waals surface area contributed by atoms with E-state index in [4.69, 9.17) is 11.6 Å². The van der Waals surface area contributed by atoms with Crippen LogP contribution in [0.4, 0.5) is 5.69 Å².